The quantitative estimate of drug-likeness (QED) is 0.387. The Morgan fingerprint density at radius 3 is 2.71 bits per heavy atom. The van der Waals surface area contributed by atoms with Gasteiger partial charge in [-0.2, -0.15) is 8.42 Å². The van der Waals surface area contributed by atoms with Gasteiger partial charge in [-0.15, -0.1) is 0 Å². The predicted octanol–water partition coefficient (Wildman–Crippen LogP) is 2.36. The molecule has 31 heavy (non-hydrogen) atoms. The zero-order valence-electron chi connectivity index (χ0n) is 17.2. The summed E-state index contributed by atoms with van der Waals surface area (Å²) in [7, 11) is -2.51. The predicted molar refractivity (Wildman–Crippen MR) is 110 cm³/mol. The van der Waals surface area contributed by atoms with Crippen LogP contribution >= 0.6 is 0 Å². The number of pyridine rings is 1. The number of hydrogen-bond donors (Lipinski definition) is 1. The van der Waals surface area contributed by atoms with Crippen molar-refractivity contribution in [3.05, 3.63) is 35.7 Å². The third-order valence-electron chi connectivity index (χ3n) is 4.72. The zero-order chi connectivity index (χ0) is 21.8. The number of hydrogen-bond acceptors (Lipinski definition) is 9. The van der Waals surface area contributed by atoms with E-state index >= 15 is 0 Å². The fourth-order valence-electron chi connectivity index (χ4n) is 3.08. The number of aromatic amines is 1. The van der Waals surface area contributed by atoms with Gasteiger partial charge in [0.1, 0.15) is 25.6 Å². The van der Waals surface area contributed by atoms with Crippen LogP contribution in [0, 0.1) is 6.92 Å². The Kier molecular flexibility index (Phi) is 6.25. The summed E-state index contributed by atoms with van der Waals surface area (Å²) >= 11 is 0. The molecule has 11 heteroatoms. The fraction of sp³-hybridized carbons (Fsp3) is 0.400. The van der Waals surface area contributed by atoms with E-state index in [0.29, 0.717) is 66.0 Å². The number of nitrogens with one attached hydrogen (secondary N) is 1. The summed E-state index contributed by atoms with van der Waals surface area (Å²) in [6.45, 7) is 3.49. The van der Waals surface area contributed by atoms with E-state index in [0.717, 1.165) is 6.42 Å². The Bertz CT molecular complexity index is 1130. The maximum atomic E-state index is 12.7. The lowest BCUT2D eigenvalue weighted by molar-refractivity contribution is 0.171. The molecule has 166 valence electrons. The Morgan fingerprint density at radius 2 is 1.94 bits per heavy atom. The van der Waals surface area contributed by atoms with E-state index in [4.69, 9.17) is 23.1 Å². The van der Waals surface area contributed by atoms with Gasteiger partial charge in [0.2, 0.25) is 0 Å². The minimum absolute atomic E-state index is 0.247. The Balaban J connectivity index is 1.48. The van der Waals surface area contributed by atoms with Gasteiger partial charge in [0.15, 0.2) is 11.5 Å². The van der Waals surface area contributed by atoms with Crippen molar-refractivity contribution < 1.29 is 31.5 Å². The van der Waals surface area contributed by atoms with E-state index in [1.54, 1.807) is 38.4 Å². The Hall–Kier alpha value is -2.89. The van der Waals surface area contributed by atoms with E-state index in [9.17, 15) is 8.42 Å². The van der Waals surface area contributed by atoms with Crippen molar-refractivity contribution in [1.29, 1.82) is 0 Å². The lowest BCUT2D eigenvalue weighted by Gasteiger charge is -2.17. The summed E-state index contributed by atoms with van der Waals surface area (Å²) < 4.78 is 52.3. The number of ether oxygens (including phenoxy) is 4. The molecular formula is C20H23N3O7S. The first kappa shape index (κ1) is 21.3. The number of nitrogens with zero attached hydrogens (tertiary/aromatic N) is 2. The van der Waals surface area contributed by atoms with E-state index in [1.807, 2.05) is 0 Å². The minimum Gasteiger partial charge on any atom is -0.493 e. The van der Waals surface area contributed by atoms with Crippen molar-refractivity contribution >= 4 is 21.2 Å². The van der Waals surface area contributed by atoms with Crippen LogP contribution in [0.3, 0.4) is 0 Å². The van der Waals surface area contributed by atoms with Gasteiger partial charge in [-0.3, -0.25) is 9.17 Å². The molecule has 4 rings (SSSR count). The van der Waals surface area contributed by atoms with Gasteiger partial charge in [-0.1, -0.05) is 0 Å². The second-order valence-corrected chi connectivity index (χ2v) is 8.38. The number of rotatable bonds is 9. The van der Waals surface area contributed by atoms with Gasteiger partial charge in [-0.05, 0) is 13.0 Å². The van der Waals surface area contributed by atoms with Crippen LogP contribution in [0.25, 0.3) is 11.0 Å². The summed E-state index contributed by atoms with van der Waals surface area (Å²) in [6, 6.07) is 5.02. The van der Waals surface area contributed by atoms with Gasteiger partial charge in [0, 0.05) is 44.0 Å². The third-order valence-corrected chi connectivity index (χ3v) is 5.82. The normalized spacial score (nSPS) is 13.5. The standard InChI is InChI=1S/C20H23N3O7S/c1-13-16(21-5-4-17(13)27-7-3-6-26-2)12-30-31(24,25)20-22-14-10-18-19(11-15(14)23-20)29-9-8-28-18/h4-5,10-11H,3,6-9,12H2,1-2H3,(H,22,23). The van der Waals surface area contributed by atoms with Crippen LogP contribution in [-0.4, -0.2) is 56.9 Å². The third kappa shape index (κ3) is 4.73. The van der Waals surface area contributed by atoms with E-state index in [-0.39, 0.29) is 11.8 Å². The first-order chi connectivity index (χ1) is 15.0. The van der Waals surface area contributed by atoms with Crippen molar-refractivity contribution in [2.45, 2.75) is 25.1 Å². The molecule has 10 nitrogen and oxygen atoms in total. The molecule has 1 N–H and O–H groups in total. The maximum Gasteiger partial charge on any atom is 0.331 e. The molecule has 0 aliphatic carbocycles. The number of benzene rings is 1. The highest BCUT2D eigenvalue weighted by molar-refractivity contribution is 7.86. The molecule has 0 saturated heterocycles. The second-order valence-electron chi connectivity index (χ2n) is 6.85. The molecule has 0 radical (unpaired) electrons. The molecule has 3 aromatic rings. The Morgan fingerprint density at radius 1 is 1.16 bits per heavy atom. The smallest absolute Gasteiger partial charge is 0.331 e. The maximum absolute atomic E-state index is 12.7. The molecule has 0 saturated carbocycles. The highest BCUT2D eigenvalue weighted by Gasteiger charge is 2.23. The number of H-pyrrole nitrogens is 1. The molecule has 1 aliphatic rings. The summed E-state index contributed by atoms with van der Waals surface area (Å²) in [5.74, 6) is 1.68. The van der Waals surface area contributed by atoms with Crippen LogP contribution in [0.5, 0.6) is 17.2 Å². The number of imidazole rings is 1. The molecule has 0 amide bonds. The van der Waals surface area contributed by atoms with Crippen LogP contribution in [-0.2, 0) is 25.6 Å². The monoisotopic (exact) mass is 449 g/mol. The largest absolute Gasteiger partial charge is 0.493 e. The topological polar surface area (TPSA) is 122 Å². The van der Waals surface area contributed by atoms with Crippen LogP contribution in [0.1, 0.15) is 17.7 Å². The molecule has 0 spiro atoms. The van der Waals surface area contributed by atoms with Crippen LogP contribution in [0.15, 0.2) is 29.6 Å². The van der Waals surface area contributed by atoms with Crippen LogP contribution < -0.4 is 14.2 Å². The Labute approximate surface area is 179 Å². The van der Waals surface area contributed by atoms with Crippen molar-refractivity contribution in [3.8, 4) is 17.2 Å². The summed E-state index contributed by atoms with van der Waals surface area (Å²) in [6.07, 6.45) is 2.29. The molecule has 0 unspecified atom stereocenters. The van der Waals surface area contributed by atoms with Crippen molar-refractivity contribution in [2.24, 2.45) is 0 Å². The average Bonchev–Trinajstić information content (AvgIpc) is 3.19. The van der Waals surface area contributed by atoms with Gasteiger partial charge in [0.05, 0.1) is 23.3 Å². The second kappa shape index (κ2) is 9.08. The molecule has 2 aromatic heterocycles. The lowest BCUT2D eigenvalue weighted by Crippen LogP contribution is -2.15. The zero-order valence-corrected chi connectivity index (χ0v) is 18.0. The van der Waals surface area contributed by atoms with Gasteiger partial charge < -0.3 is 23.9 Å². The molecule has 3 heterocycles. The average molecular weight is 449 g/mol. The number of methoxy groups -OCH3 is 1. The lowest BCUT2D eigenvalue weighted by atomic mass is 10.2. The van der Waals surface area contributed by atoms with E-state index in [2.05, 4.69) is 15.0 Å². The molecule has 0 bridgehead atoms. The van der Waals surface area contributed by atoms with E-state index in [1.165, 1.54) is 0 Å². The van der Waals surface area contributed by atoms with Crippen LogP contribution in [0.2, 0.25) is 0 Å². The summed E-state index contributed by atoms with van der Waals surface area (Å²) in [5.41, 5.74) is 2.11. The first-order valence-corrected chi connectivity index (χ1v) is 11.1. The van der Waals surface area contributed by atoms with Crippen molar-refractivity contribution in [1.82, 2.24) is 15.0 Å². The summed E-state index contributed by atoms with van der Waals surface area (Å²) in [4.78, 5) is 11.1. The highest BCUT2D eigenvalue weighted by atomic mass is 32.2. The van der Waals surface area contributed by atoms with Crippen molar-refractivity contribution in [2.75, 3.05) is 33.5 Å². The minimum atomic E-state index is -4.14. The van der Waals surface area contributed by atoms with Gasteiger partial charge in [-0.25, -0.2) is 4.98 Å². The molecule has 1 aliphatic heterocycles. The first-order valence-electron chi connectivity index (χ1n) is 9.73. The molecule has 1 aromatic carbocycles. The van der Waals surface area contributed by atoms with Crippen molar-refractivity contribution in [3.63, 3.8) is 0 Å². The van der Waals surface area contributed by atoms with Gasteiger partial charge >= 0.3 is 10.1 Å². The van der Waals surface area contributed by atoms with E-state index < -0.39 is 10.1 Å². The SMILES string of the molecule is COCCCOc1ccnc(COS(=O)(=O)c2nc3cc4c(cc3[nH]2)OCCO4)c1C. The highest BCUT2D eigenvalue weighted by Crippen LogP contribution is 2.34. The van der Waals surface area contributed by atoms with Crippen LogP contribution in [0.4, 0.5) is 0 Å². The molecule has 0 atom stereocenters. The van der Waals surface area contributed by atoms with Gasteiger partial charge in [0.25, 0.3) is 5.16 Å². The fourth-order valence-corrected chi connectivity index (χ4v) is 3.90. The molecule has 0 fully saturated rings. The number of aromatic nitrogens is 3. The number of fused-ring (bicyclic) bond motifs is 2. The summed E-state index contributed by atoms with van der Waals surface area (Å²) in [5, 5.41) is -0.297. The molecular weight excluding hydrogens is 426 g/mol.